The Bertz CT molecular complexity index is 1320. The molecule has 5 rings (SSSR count). The Labute approximate surface area is 239 Å². The van der Waals surface area contributed by atoms with Crippen molar-refractivity contribution in [2.45, 2.75) is 26.9 Å². The second-order valence-electron chi connectivity index (χ2n) is 7.95. The van der Waals surface area contributed by atoms with Crippen molar-refractivity contribution in [3.8, 4) is 23.0 Å². The van der Waals surface area contributed by atoms with Gasteiger partial charge in [-0.1, -0.05) is 30.3 Å². The number of hydrogen-bond acceptors (Lipinski definition) is 5. The summed E-state index contributed by atoms with van der Waals surface area (Å²) in [5.74, 6) is 1.67. The number of pyridine rings is 1. The zero-order valence-electron chi connectivity index (χ0n) is 20.8. The van der Waals surface area contributed by atoms with Crippen LogP contribution in [0.3, 0.4) is 0 Å². The molecule has 0 amide bonds. The third-order valence-corrected chi connectivity index (χ3v) is 5.84. The SMILES string of the molecule is CCOCCn1c(-c2cccc(-c3nc4ccccc4n3CCOCC)n2)nc2ccccc21.[Cl-].[Cl-].[Fe+2]. The number of imidazole rings is 2. The van der Waals surface area contributed by atoms with Gasteiger partial charge in [-0.2, -0.15) is 0 Å². The van der Waals surface area contributed by atoms with Crippen molar-refractivity contribution in [1.82, 2.24) is 24.1 Å². The average molecular weight is 582 g/mol. The maximum atomic E-state index is 5.64. The molecule has 0 bridgehead atoms. The molecule has 37 heavy (non-hydrogen) atoms. The molecule has 3 aromatic heterocycles. The summed E-state index contributed by atoms with van der Waals surface area (Å²) in [5, 5.41) is 0. The summed E-state index contributed by atoms with van der Waals surface area (Å²) in [7, 11) is 0. The predicted molar refractivity (Wildman–Crippen MR) is 135 cm³/mol. The Morgan fingerprint density at radius 2 is 1.03 bits per heavy atom. The van der Waals surface area contributed by atoms with Gasteiger partial charge in [0.05, 0.1) is 35.3 Å². The van der Waals surface area contributed by atoms with Crippen LogP contribution in [0.1, 0.15) is 13.8 Å². The van der Waals surface area contributed by atoms with Gasteiger partial charge in [0.2, 0.25) is 0 Å². The van der Waals surface area contributed by atoms with Gasteiger partial charge in [0.15, 0.2) is 11.6 Å². The molecule has 0 fully saturated rings. The number of benzene rings is 2. The molecule has 2 aromatic carbocycles. The zero-order valence-corrected chi connectivity index (χ0v) is 23.4. The molecule has 0 aliphatic heterocycles. The Morgan fingerprint density at radius 3 is 1.46 bits per heavy atom. The number of aromatic nitrogens is 5. The van der Waals surface area contributed by atoms with E-state index in [0.29, 0.717) is 39.5 Å². The van der Waals surface area contributed by atoms with E-state index in [-0.39, 0.29) is 41.9 Å². The fourth-order valence-electron chi connectivity index (χ4n) is 4.28. The van der Waals surface area contributed by atoms with Crippen LogP contribution < -0.4 is 24.8 Å². The molecule has 7 nitrogen and oxygen atoms in total. The minimum absolute atomic E-state index is 0. The predicted octanol–water partition coefficient (Wildman–Crippen LogP) is -0.806. The van der Waals surface area contributed by atoms with Crippen molar-refractivity contribution in [2.24, 2.45) is 0 Å². The van der Waals surface area contributed by atoms with E-state index >= 15 is 0 Å². The van der Waals surface area contributed by atoms with E-state index in [9.17, 15) is 0 Å². The fraction of sp³-hybridized carbons (Fsp3) is 0.296. The van der Waals surface area contributed by atoms with Crippen LogP contribution in [0.5, 0.6) is 0 Å². The number of halogens is 2. The summed E-state index contributed by atoms with van der Waals surface area (Å²) in [6.07, 6.45) is 0. The van der Waals surface area contributed by atoms with E-state index in [1.54, 1.807) is 0 Å². The minimum atomic E-state index is 0. The normalized spacial score (nSPS) is 10.6. The molecule has 0 N–H and O–H groups in total. The van der Waals surface area contributed by atoms with Crippen LogP contribution in [0, 0.1) is 0 Å². The van der Waals surface area contributed by atoms with Crippen LogP contribution in [0.15, 0.2) is 66.7 Å². The quantitative estimate of drug-likeness (QED) is 0.159. The number of rotatable bonds is 10. The largest absolute Gasteiger partial charge is 2.00 e. The molecule has 0 saturated heterocycles. The summed E-state index contributed by atoms with van der Waals surface area (Å²) in [4.78, 5) is 14.9. The monoisotopic (exact) mass is 581 g/mol. The average Bonchev–Trinajstić information content (AvgIpc) is 3.43. The van der Waals surface area contributed by atoms with E-state index in [4.69, 9.17) is 24.4 Å². The van der Waals surface area contributed by atoms with E-state index in [2.05, 4.69) is 21.3 Å². The zero-order chi connectivity index (χ0) is 23.3. The number of nitrogens with zero attached hydrogens (tertiary/aromatic N) is 5. The number of hydrogen-bond donors (Lipinski definition) is 0. The van der Waals surface area contributed by atoms with Crippen molar-refractivity contribution < 1.29 is 51.4 Å². The topological polar surface area (TPSA) is 67.0 Å². The van der Waals surface area contributed by atoms with Crippen LogP contribution in [0.2, 0.25) is 0 Å². The fourth-order valence-corrected chi connectivity index (χ4v) is 4.28. The van der Waals surface area contributed by atoms with E-state index in [0.717, 1.165) is 45.1 Å². The van der Waals surface area contributed by atoms with Gasteiger partial charge in [-0.3, -0.25) is 0 Å². The van der Waals surface area contributed by atoms with E-state index in [1.165, 1.54) is 0 Å². The molecule has 0 unspecified atom stereocenters. The molecule has 3 heterocycles. The van der Waals surface area contributed by atoms with Crippen molar-refractivity contribution in [3.05, 3.63) is 66.7 Å². The van der Waals surface area contributed by atoms with Gasteiger partial charge in [-0.15, -0.1) is 0 Å². The van der Waals surface area contributed by atoms with Gasteiger partial charge < -0.3 is 43.4 Å². The molecule has 0 saturated carbocycles. The summed E-state index contributed by atoms with van der Waals surface area (Å²) in [5.41, 5.74) is 5.68. The maximum Gasteiger partial charge on any atom is 2.00 e. The molecule has 5 aromatic rings. The third kappa shape index (κ3) is 6.52. The molecular formula is C27H29Cl2FeN5O2. The van der Waals surface area contributed by atoms with Gasteiger partial charge in [-0.05, 0) is 50.2 Å². The molecule has 10 heteroatoms. The molecular weight excluding hydrogens is 553 g/mol. The van der Waals surface area contributed by atoms with Crippen LogP contribution in [-0.4, -0.2) is 50.5 Å². The van der Waals surface area contributed by atoms with Crippen LogP contribution >= 0.6 is 0 Å². The second-order valence-corrected chi connectivity index (χ2v) is 7.95. The second kappa shape index (κ2) is 14.5. The summed E-state index contributed by atoms with van der Waals surface area (Å²) in [6, 6.07) is 22.4. The Balaban J connectivity index is 0.00000160. The van der Waals surface area contributed by atoms with Crippen molar-refractivity contribution in [1.29, 1.82) is 0 Å². The molecule has 0 radical (unpaired) electrons. The van der Waals surface area contributed by atoms with Crippen LogP contribution in [-0.2, 0) is 39.6 Å². The Kier molecular flexibility index (Phi) is 12.0. The van der Waals surface area contributed by atoms with E-state index in [1.807, 2.05) is 68.4 Å². The minimum Gasteiger partial charge on any atom is -1.00 e. The first-order valence-corrected chi connectivity index (χ1v) is 11.8. The summed E-state index contributed by atoms with van der Waals surface area (Å²) < 4.78 is 15.7. The first-order chi connectivity index (χ1) is 16.8. The van der Waals surface area contributed by atoms with Crippen LogP contribution in [0.25, 0.3) is 45.1 Å². The summed E-state index contributed by atoms with van der Waals surface area (Å²) >= 11 is 0. The van der Waals surface area contributed by atoms with Crippen molar-refractivity contribution in [2.75, 3.05) is 26.4 Å². The maximum absolute atomic E-state index is 5.64. The third-order valence-electron chi connectivity index (χ3n) is 5.84. The van der Waals surface area contributed by atoms with Gasteiger partial charge in [0.1, 0.15) is 11.4 Å². The van der Waals surface area contributed by atoms with Crippen LogP contribution in [0.4, 0.5) is 0 Å². The van der Waals surface area contributed by atoms with Gasteiger partial charge in [0.25, 0.3) is 0 Å². The van der Waals surface area contributed by atoms with Gasteiger partial charge in [0, 0.05) is 26.3 Å². The number of ether oxygens (including phenoxy) is 2. The Morgan fingerprint density at radius 1 is 0.595 bits per heavy atom. The Hall–Kier alpha value is -2.45. The van der Waals surface area contributed by atoms with Crippen molar-refractivity contribution >= 4 is 22.1 Å². The molecule has 196 valence electrons. The number of fused-ring (bicyclic) bond motifs is 2. The summed E-state index contributed by atoms with van der Waals surface area (Å²) in [6.45, 7) is 8.06. The van der Waals surface area contributed by atoms with E-state index < -0.39 is 0 Å². The standard InChI is InChI=1S/C27H29N5O2.2ClH.Fe/c1-3-33-18-16-31-24-14-7-5-10-20(24)29-26(31)22-12-9-13-23(28-22)27-30-21-11-6-8-15-25(21)32(27)17-19-34-4-2;;;/h5-15H,3-4,16-19H2,1-2H3;2*1H;/q;;;+2/p-2. The van der Waals surface area contributed by atoms with Gasteiger partial charge in [-0.25, -0.2) is 15.0 Å². The molecule has 0 aliphatic rings. The van der Waals surface area contributed by atoms with Crippen molar-refractivity contribution in [3.63, 3.8) is 0 Å². The first kappa shape index (κ1) is 30.8. The molecule has 0 aliphatic carbocycles. The molecule has 0 atom stereocenters. The van der Waals surface area contributed by atoms with Gasteiger partial charge >= 0.3 is 17.1 Å². The number of para-hydroxylation sites is 4. The molecule has 0 spiro atoms. The smallest absolute Gasteiger partial charge is 1.00 e. The first-order valence-electron chi connectivity index (χ1n) is 11.8.